The highest BCUT2D eigenvalue weighted by molar-refractivity contribution is 6.47. The molecule has 4 aliphatic carbocycles. The van der Waals surface area contributed by atoms with Gasteiger partial charge in [0.1, 0.15) is 22.4 Å². The highest BCUT2D eigenvalue weighted by Gasteiger charge is 2.36. The van der Waals surface area contributed by atoms with Crippen molar-refractivity contribution in [3.63, 3.8) is 0 Å². The smallest absolute Gasteiger partial charge is 0.443 e. The summed E-state index contributed by atoms with van der Waals surface area (Å²) in [6.07, 6.45) is 1.36. The van der Waals surface area contributed by atoms with E-state index in [4.69, 9.17) is 112 Å². The zero-order valence-electron chi connectivity index (χ0n) is 50.5. The van der Waals surface area contributed by atoms with Crippen molar-refractivity contribution < 1.29 is 62.0 Å². The Hall–Kier alpha value is -6.28. The van der Waals surface area contributed by atoms with Crippen LogP contribution in [0.2, 0.25) is 40.2 Å². The molecule has 8 aromatic rings. The number of Topliss-reactive ketones (excluding diaryl/α,β-unsaturated/α-hetero) is 4. The van der Waals surface area contributed by atoms with Gasteiger partial charge < -0.3 is 33.7 Å². The molecule has 0 unspecified atom stereocenters. The maximum Gasteiger partial charge on any atom is 0.519 e. The van der Waals surface area contributed by atoms with Gasteiger partial charge in [-0.05, 0) is 180 Å². The summed E-state index contributed by atoms with van der Waals surface area (Å²) in [5.41, 5.74) is 6.09. The third-order valence-electron chi connectivity index (χ3n) is 13.7. The molecular weight excluding hydrogens is 1320 g/mol. The van der Waals surface area contributed by atoms with Gasteiger partial charge in [-0.15, -0.1) is 0 Å². The molecule has 0 atom stereocenters. The molecule has 4 aliphatic rings. The van der Waals surface area contributed by atoms with Crippen molar-refractivity contribution in [3.8, 4) is 0 Å². The first-order valence-electron chi connectivity index (χ1n) is 28.0. The number of aryl methyl sites for hydroxylation is 4. The van der Waals surface area contributed by atoms with E-state index < -0.39 is 46.9 Å². The number of hydrogen-bond donors (Lipinski definition) is 2. The van der Waals surface area contributed by atoms with Gasteiger partial charge in [-0.3, -0.25) is 19.2 Å². The van der Waals surface area contributed by atoms with Crippen LogP contribution in [-0.2, 0) is 49.4 Å². The molecule has 17 nitrogen and oxygen atoms in total. The average molecular weight is 1380 g/mol. The molecule has 25 heteroatoms. The van der Waals surface area contributed by atoms with Crippen LogP contribution in [0, 0.1) is 0 Å². The van der Waals surface area contributed by atoms with Gasteiger partial charge in [0.25, 0.3) is 0 Å². The van der Waals surface area contributed by atoms with E-state index in [-0.39, 0.29) is 23.1 Å². The Bertz CT molecular complexity index is 4220. The quantitative estimate of drug-likeness (QED) is 0.0820. The SMILES string of the molecule is CC(C)(C)OC(=O)OC(=O)OC(C)(C)C.CC(C)(C)OC(=O)n1c2c(c3c(Cl)c(Cl)ccc31)CCC2=O.CC(C)(C)OC(=O)n1c2c(c3cc(Cl)c(Cl)cc31)CCC2=O.O=C1CCc2c1[nH]c1cc(Cl)c(Cl)cc21.O=C1CCc2c1[nH]c1ccc(Cl)c(Cl)c21. The van der Waals surface area contributed by atoms with Crippen molar-refractivity contribution in [2.75, 3.05) is 0 Å². The van der Waals surface area contributed by atoms with Crippen molar-refractivity contribution in [1.82, 2.24) is 19.1 Å². The van der Waals surface area contributed by atoms with Gasteiger partial charge in [0.05, 0.1) is 74.0 Å². The predicted octanol–water partition coefficient (Wildman–Crippen LogP) is 19.8. The van der Waals surface area contributed by atoms with Crippen LogP contribution in [-0.4, -0.2) is 89.1 Å². The molecule has 12 rings (SSSR count). The Balaban J connectivity index is 0.000000146. The lowest BCUT2D eigenvalue weighted by Gasteiger charge is -2.20. The first-order chi connectivity index (χ1) is 41.2. The van der Waals surface area contributed by atoms with Gasteiger partial charge >= 0.3 is 24.5 Å². The fraction of sp³-hybridized carbons (Fsp3) is 0.375. The van der Waals surface area contributed by atoms with Gasteiger partial charge in [-0.25, -0.2) is 28.3 Å². The van der Waals surface area contributed by atoms with E-state index >= 15 is 0 Å². The summed E-state index contributed by atoms with van der Waals surface area (Å²) in [6.45, 7) is 20.7. The molecule has 0 saturated heterocycles. The molecule has 4 heterocycles. The lowest BCUT2D eigenvalue weighted by atomic mass is 10.1. The van der Waals surface area contributed by atoms with Crippen LogP contribution in [0.3, 0.4) is 0 Å². The molecule has 4 aromatic carbocycles. The molecule has 0 fully saturated rings. The molecular formula is C64H62Cl8N4O13. The lowest BCUT2D eigenvalue weighted by molar-refractivity contribution is -0.0295. The van der Waals surface area contributed by atoms with Crippen molar-refractivity contribution in [3.05, 3.63) is 134 Å². The predicted molar refractivity (Wildman–Crippen MR) is 348 cm³/mol. The van der Waals surface area contributed by atoms with Crippen LogP contribution in [0.5, 0.6) is 0 Å². The lowest BCUT2D eigenvalue weighted by Crippen LogP contribution is -2.29. The van der Waals surface area contributed by atoms with Gasteiger partial charge in [-0.1, -0.05) is 92.8 Å². The summed E-state index contributed by atoms with van der Waals surface area (Å²) in [6, 6.07) is 13.8. The Kier molecular flexibility index (Phi) is 20.2. The minimum Gasteiger partial charge on any atom is -0.443 e. The van der Waals surface area contributed by atoms with E-state index in [0.29, 0.717) is 112 Å². The van der Waals surface area contributed by atoms with Gasteiger partial charge in [0.15, 0.2) is 23.1 Å². The largest absolute Gasteiger partial charge is 0.519 e. The number of ketones is 4. The third kappa shape index (κ3) is 15.4. The summed E-state index contributed by atoms with van der Waals surface area (Å²) in [5.74, 6) is 0.190. The molecule has 0 saturated carbocycles. The number of H-pyrrole nitrogens is 2. The number of aromatic amines is 2. The molecule has 0 bridgehead atoms. The van der Waals surface area contributed by atoms with Crippen molar-refractivity contribution in [2.45, 2.75) is 157 Å². The Labute approximate surface area is 552 Å². The minimum absolute atomic E-state index is 0.0655. The first kappa shape index (κ1) is 68.6. The zero-order chi connectivity index (χ0) is 65.9. The van der Waals surface area contributed by atoms with E-state index in [1.165, 1.54) is 9.13 Å². The summed E-state index contributed by atoms with van der Waals surface area (Å²) in [4.78, 5) is 101. The normalized spacial score (nSPS) is 14.2. The fourth-order valence-corrected chi connectivity index (χ4v) is 11.9. The minimum atomic E-state index is -1.06. The topological polar surface area (TPSA) is 224 Å². The molecule has 0 radical (unpaired) electrons. The van der Waals surface area contributed by atoms with E-state index in [2.05, 4.69) is 14.7 Å². The third-order valence-corrected chi connectivity index (χ3v) is 16.8. The van der Waals surface area contributed by atoms with Crippen LogP contribution in [0.1, 0.15) is 173 Å². The molecule has 0 spiro atoms. The standard InChI is InChI=1S/2C16H15Cl2NO3.2C11H7Cl2NO.C10H18O5/c1-16(2,3)22-15(21)19-10-6-5-9(17)13(18)12(10)8-4-7-11(20)14(8)19;1-16(2,3)22-15(21)19-12-7-11(18)10(17)6-9(12)8-4-5-13(20)14(8)19;12-6-2-3-7-9(10(6)13)5-1-4-8(15)11(5)14-7;12-7-3-6-5-1-2-10(15)11(5)14-9(6)4-8(7)13;1-9(2,3)14-7(11)13-8(12)15-10(4,5)6/h5-6H,4,7H2,1-3H3;6-7H,4-5H2,1-3H3;2-3,14H,1,4H2;3-4,14H,1-2H2;1-6H3. The molecule has 89 heavy (non-hydrogen) atoms. The van der Waals surface area contributed by atoms with Crippen LogP contribution < -0.4 is 0 Å². The summed E-state index contributed by atoms with van der Waals surface area (Å²) in [5, 5.41) is 7.00. The molecule has 472 valence electrons. The number of rotatable bonds is 0. The van der Waals surface area contributed by atoms with Crippen LogP contribution in [0.4, 0.5) is 19.2 Å². The summed E-state index contributed by atoms with van der Waals surface area (Å²) >= 11 is 48.5. The zero-order valence-corrected chi connectivity index (χ0v) is 56.5. The van der Waals surface area contributed by atoms with Crippen molar-refractivity contribution >= 4 is 184 Å². The van der Waals surface area contributed by atoms with Crippen molar-refractivity contribution in [1.29, 1.82) is 0 Å². The second-order valence-electron chi connectivity index (χ2n) is 25.1. The number of carbonyl (C=O) groups is 8. The number of halogens is 8. The van der Waals surface area contributed by atoms with Gasteiger partial charge in [-0.2, -0.15) is 0 Å². The van der Waals surface area contributed by atoms with Crippen LogP contribution in [0.15, 0.2) is 48.5 Å². The number of carbonyl (C=O) groups excluding carboxylic acids is 8. The molecule has 0 amide bonds. The van der Waals surface area contributed by atoms with E-state index in [1.54, 1.807) is 119 Å². The van der Waals surface area contributed by atoms with Gasteiger partial charge in [0.2, 0.25) is 0 Å². The Morgan fingerprint density at radius 2 is 0.787 bits per heavy atom. The molecule has 0 aliphatic heterocycles. The Morgan fingerprint density at radius 3 is 1.31 bits per heavy atom. The highest BCUT2D eigenvalue weighted by Crippen LogP contribution is 2.43. The second-order valence-corrected chi connectivity index (χ2v) is 28.3. The van der Waals surface area contributed by atoms with Gasteiger partial charge in [0, 0.05) is 58.3 Å². The van der Waals surface area contributed by atoms with E-state index in [9.17, 15) is 38.4 Å². The number of nitrogens with one attached hydrogen (secondary N) is 2. The number of benzene rings is 4. The number of hydrogen-bond acceptors (Lipinski definition) is 13. The first-order valence-corrected chi connectivity index (χ1v) is 31.0. The molecule has 4 aromatic heterocycles. The van der Waals surface area contributed by atoms with E-state index in [1.807, 2.05) is 12.1 Å². The number of aromatic nitrogens is 4. The van der Waals surface area contributed by atoms with Crippen molar-refractivity contribution in [2.24, 2.45) is 0 Å². The monoisotopic (exact) mass is 1370 g/mol. The number of fused-ring (bicyclic) bond motifs is 12. The average Bonchev–Trinajstić information content (AvgIpc) is 1.62. The highest BCUT2D eigenvalue weighted by atomic mass is 35.5. The molecule has 2 N–H and O–H groups in total. The number of nitrogens with zero attached hydrogens (tertiary/aromatic N) is 2. The maximum absolute atomic E-state index is 12.5. The summed E-state index contributed by atoms with van der Waals surface area (Å²) < 4.78 is 27.3. The fourth-order valence-electron chi connectivity index (χ4n) is 10.4. The van der Waals surface area contributed by atoms with Crippen LogP contribution >= 0.6 is 92.8 Å². The second kappa shape index (κ2) is 26.1. The summed E-state index contributed by atoms with van der Waals surface area (Å²) in [7, 11) is 0. The number of ether oxygens (including phenoxy) is 5. The Morgan fingerprint density at radius 1 is 0.393 bits per heavy atom. The maximum atomic E-state index is 12.5. The van der Waals surface area contributed by atoms with Crippen LogP contribution in [0.25, 0.3) is 43.6 Å². The van der Waals surface area contributed by atoms with E-state index in [0.717, 1.165) is 68.0 Å².